The van der Waals surface area contributed by atoms with Gasteiger partial charge in [0.25, 0.3) is 0 Å². The van der Waals surface area contributed by atoms with Crippen LogP contribution in [0, 0.1) is 5.41 Å². The quantitative estimate of drug-likeness (QED) is 0.118. The normalized spacial score (nSPS) is 18.4. The van der Waals surface area contributed by atoms with Gasteiger partial charge in [-0.05, 0) is 12.8 Å². The second-order valence-corrected chi connectivity index (χ2v) is 11.7. The summed E-state index contributed by atoms with van der Waals surface area (Å²) >= 11 is 23.9. The molecule has 0 amide bonds. The second kappa shape index (κ2) is 16.7. The van der Waals surface area contributed by atoms with E-state index in [9.17, 15) is 10.2 Å². The molecule has 2 N–H and O–H groups in total. The highest BCUT2D eigenvalue weighted by molar-refractivity contribution is 6.69. The molecule has 0 saturated carbocycles. The number of unbranched alkanes of at least 4 members (excludes halogenated alkanes) is 1. The van der Waals surface area contributed by atoms with E-state index in [1.54, 1.807) is 6.92 Å². The third-order valence-electron chi connectivity index (χ3n) is 4.47. The minimum atomic E-state index is -1.33. The Bertz CT molecular complexity index is 413. The van der Waals surface area contributed by atoms with Crippen molar-refractivity contribution in [3.63, 3.8) is 0 Å². The number of rotatable bonds is 19. The van der Waals surface area contributed by atoms with Crippen molar-refractivity contribution in [2.75, 3.05) is 50.7 Å². The van der Waals surface area contributed by atoms with Crippen molar-refractivity contribution < 1.29 is 29.2 Å². The molecule has 4 atom stereocenters. The molecule has 0 fully saturated rings. The lowest BCUT2D eigenvalue weighted by molar-refractivity contribution is -0.231. The Labute approximate surface area is 196 Å². The molecule has 0 rings (SSSR count). The fourth-order valence-electron chi connectivity index (χ4n) is 2.89. The van der Waals surface area contributed by atoms with Gasteiger partial charge in [0.15, 0.2) is 12.6 Å². The first-order valence-corrected chi connectivity index (χ1v) is 14.2. The predicted molar refractivity (Wildman–Crippen MR) is 121 cm³/mol. The Morgan fingerprint density at radius 3 is 1.97 bits per heavy atom. The molecule has 6 nitrogen and oxygen atoms in total. The van der Waals surface area contributed by atoms with Crippen LogP contribution in [0.1, 0.15) is 26.2 Å². The minimum Gasteiger partial charge on any atom is -0.380 e. The first-order chi connectivity index (χ1) is 13.7. The molecule has 11 heteroatoms. The van der Waals surface area contributed by atoms with Crippen LogP contribution in [0.4, 0.5) is 0 Å². The van der Waals surface area contributed by atoms with Gasteiger partial charge in [0, 0.05) is 37.3 Å². The highest BCUT2D eigenvalue weighted by atomic mass is 35.5. The van der Waals surface area contributed by atoms with Crippen LogP contribution in [0.25, 0.3) is 0 Å². The Morgan fingerprint density at radius 2 is 1.41 bits per heavy atom. The van der Waals surface area contributed by atoms with Crippen molar-refractivity contribution in [2.45, 2.75) is 56.5 Å². The van der Waals surface area contributed by atoms with Crippen LogP contribution in [0.3, 0.4) is 0 Å². The lowest BCUT2D eigenvalue weighted by atomic mass is 9.85. The van der Waals surface area contributed by atoms with E-state index in [1.807, 2.05) is 13.1 Å². The summed E-state index contributed by atoms with van der Waals surface area (Å²) in [6.45, 7) is 7.49. The summed E-state index contributed by atoms with van der Waals surface area (Å²) in [6.07, 6.45) is -0.958. The monoisotopic (exact) mass is 515 g/mol. The van der Waals surface area contributed by atoms with Gasteiger partial charge in [0.2, 0.25) is 0 Å². The van der Waals surface area contributed by atoms with Crippen LogP contribution in [0.2, 0.25) is 13.1 Å². The fourth-order valence-corrected chi connectivity index (χ4v) is 5.18. The molecule has 29 heavy (non-hydrogen) atoms. The molecule has 0 aliphatic rings. The van der Waals surface area contributed by atoms with Gasteiger partial charge in [-0.3, -0.25) is 0 Å². The number of hydrogen-bond acceptors (Lipinski definition) is 6. The van der Waals surface area contributed by atoms with Gasteiger partial charge >= 0.3 is 0 Å². The highest BCUT2D eigenvalue weighted by Gasteiger charge is 2.56. The molecule has 0 saturated heterocycles. The van der Waals surface area contributed by atoms with Crippen LogP contribution in [-0.2, 0) is 18.9 Å². The summed E-state index contributed by atoms with van der Waals surface area (Å²) in [6, 6.07) is 0. The van der Waals surface area contributed by atoms with Crippen LogP contribution in [0.15, 0.2) is 0 Å². The van der Waals surface area contributed by atoms with Gasteiger partial charge in [-0.2, -0.15) is 0 Å². The molecule has 0 aromatic carbocycles. The molecule has 0 bridgehead atoms. The summed E-state index contributed by atoms with van der Waals surface area (Å²) in [5.74, 6) is 0.919. The fraction of sp³-hybridized carbons (Fsp3) is 1.00. The molecular formula is C18H35Cl4O6Si. The third-order valence-corrected chi connectivity index (χ3v) is 8.61. The molecule has 0 aliphatic heterocycles. The maximum Gasteiger partial charge on any atom is 0.163 e. The maximum atomic E-state index is 10.8. The number of aliphatic hydroxyl groups is 2. The zero-order valence-electron chi connectivity index (χ0n) is 17.5. The maximum absolute atomic E-state index is 10.8. The molecule has 0 aliphatic carbocycles. The van der Waals surface area contributed by atoms with E-state index in [0.29, 0.717) is 25.7 Å². The summed E-state index contributed by atoms with van der Waals surface area (Å²) in [5, 5.41) is 21.1. The van der Waals surface area contributed by atoms with Crippen molar-refractivity contribution in [1.29, 1.82) is 0 Å². The van der Waals surface area contributed by atoms with Gasteiger partial charge in [-0.15, -0.1) is 34.8 Å². The van der Waals surface area contributed by atoms with Crippen LogP contribution in [0.5, 0.6) is 0 Å². The van der Waals surface area contributed by atoms with E-state index in [-0.39, 0.29) is 31.4 Å². The van der Waals surface area contributed by atoms with Crippen molar-refractivity contribution >= 4 is 55.2 Å². The van der Waals surface area contributed by atoms with Gasteiger partial charge in [0.1, 0.15) is 13.5 Å². The van der Waals surface area contributed by atoms with Gasteiger partial charge in [-0.25, -0.2) is 0 Å². The molecular weight excluding hydrogens is 482 g/mol. The number of halogens is 4. The van der Waals surface area contributed by atoms with Crippen molar-refractivity contribution in [3.8, 4) is 0 Å². The van der Waals surface area contributed by atoms with Gasteiger partial charge in [0.05, 0.1) is 25.2 Å². The number of aliphatic hydroxyl groups excluding tert-OH is 2. The number of alkyl halides is 4. The van der Waals surface area contributed by atoms with Crippen molar-refractivity contribution in [1.82, 2.24) is 0 Å². The van der Waals surface area contributed by atoms with Crippen molar-refractivity contribution in [2.24, 2.45) is 5.41 Å². The van der Waals surface area contributed by atoms with Crippen LogP contribution >= 0.6 is 46.4 Å². The standard InChI is InChI=1S/C18H35Cl4O6Si/c1-17(16(24)27-13-8-21,14-15(23)26-12-7-20)18(22,29(2)3)28-10-5-4-9-25-11-6-19/h15-16,23-24H,4-14H2,1-3H3. The molecule has 0 spiro atoms. The SMILES string of the molecule is C[Si](C)C(Cl)(OCCCCOCCCl)C(C)(CC(O)OCCCl)C(O)OCCCl. The molecule has 0 aromatic heterocycles. The van der Waals surface area contributed by atoms with Gasteiger partial charge in [-0.1, -0.05) is 31.6 Å². The van der Waals surface area contributed by atoms with Gasteiger partial charge < -0.3 is 29.2 Å². The molecule has 0 heterocycles. The number of ether oxygens (including phenoxy) is 4. The topological polar surface area (TPSA) is 77.4 Å². The molecule has 1 radical (unpaired) electrons. The lowest BCUT2D eigenvalue weighted by Crippen LogP contribution is -2.60. The van der Waals surface area contributed by atoms with E-state index in [1.165, 1.54) is 0 Å². The van der Waals surface area contributed by atoms with E-state index < -0.39 is 31.5 Å². The van der Waals surface area contributed by atoms with Crippen LogP contribution in [-0.4, -0.2) is 86.9 Å². The summed E-state index contributed by atoms with van der Waals surface area (Å²) in [7, 11) is -1.33. The smallest absolute Gasteiger partial charge is 0.163 e. The molecule has 175 valence electrons. The Kier molecular flexibility index (Phi) is 17.4. The van der Waals surface area contributed by atoms with Crippen LogP contribution < -0.4 is 0 Å². The zero-order valence-corrected chi connectivity index (χ0v) is 21.5. The zero-order chi connectivity index (χ0) is 22.3. The van der Waals surface area contributed by atoms with E-state index in [2.05, 4.69) is 0 Å². The van der Waals surface area contributed by atoms with Crippen molar-refractivity contribution in [3.05, 3.63) is 0 Å². The Morgan fingerprint density at radius 1 is 0.862 bits per heavy atom. The van der Waals surface area contributed by atoms with E-state index in [4.69, 9.17) is 65.4 Å². The molecule has 0 aromatic rings. The van der Waals surface area contributed by atoms with E-state index in [0.717, 1.165) is 12.8 Å². The average molecular weight is 517 g/mol. The summed E-state index contributed by atoms with van der Waals surface area (Å²) in [4.78, 5) is 0. The highest BCUT2D eigenvalue weighted by Crippen LogP contribution is 2.47. The predicted octanol–water partition coefficient (Wildman–Crippen LogP) is 3.81. The Hall–Kier alpha value is 1.14. The summed E-state index contributed by atoms with van der Waals surface area (Å²) in [5.41, 5.74) is -1.15. The Balaban J connectivity index is 5.26. The minimum absolute atomic E-state index is 0.00548. The first-order valence-electron chi connectivity index (χ1n) is 9.68. The average Bonchev–Trinajstić information content (AvgIpc) is 2.68. The largest absolute Gasteiger partial charge is 0.380 e. The summed E-state index contributed by atoms with van der Waals surface area (Å²) < 4.78 is 21.0. The molecule has 4 unspecified atom stereocenters. The van der Waals surface area contributed by atoms with E-state index >= 15 is 0 Å². The lowest BCUT2D eigenvalue weighted by Gasteiger charge is -2.49. The third kappa shape index (κ3) is 10.5. The first kappa shape index (κ1) is 30.1. The second-order valence-electron chi connectivity index (χ2n) is 7.00. The number of hydrogen-bond donors (Lipinski definition) is 2.